The van der Waals surface area contributed by atoms with Gasteiger partial charge in [-0.15, -0.1) is 0 Å². The number of nitrogens with zero attached hydrogens (tertiary/aromatic N) is 1. The second-order valence-corrected chi connectivity index (χ2v) is 9.52. The van der Waals surface area contributed by atoms with E-state index in [0.717, 1.165) is 5.56 Å². The van der Waals surface area contributed by atoms with Crippen LogP contribution in [0.3, 0.4) is 0 Å². The highest BCUT2D eigenvalue weighted by atomic mass is 16.7. The van der Waals surface area contributed by atoms with E-state index in [1.165, 1.54) is 12.0 Å². The lowest BCUT2D eigenvalue weighted by Crippen LogP contribution is -2.31. The van der Waals surface area contributed by atoms with Crippen LogP contribution in [0.1, 0.15) is 47.5 Å². The quantitative estimate of drug-likeness (QED) is 0.314. The summed E-state index contributed by atoms with van der Waals surface area (Å²) in [7, 11) is 1.52. The summed E-state index contributed by atoms with van der Waals surface area (Å²) in [6, 6.07) is 18.8. The zero-order chi connectivity index (χ0) is 26.6. The third-order valence-electron chi connectivity index (χ3n) is 6.96. The zero-order valence-corrected chi connectivity index (χ0v) is 21.1. The fourth-order valence-corrected chi connectivity index (χ4v) is 4.96. The Morgan fingerprint density at radius 1 is 1.03 bits per heavy atom. The molecule has 1 unspecified atom stereocenters. The summed E-state index contributed by atoms with van der Waals surface area (Å²) in [5, 5.41) is 11.8. The van der Waals surface area contributed by atoms with E-state index in [2.05, 4.69) is 13.8 Å². The fourth-order valence-electron chi connectivity index (χ4n) is 4.96. The van der Waals surface area contributed by atoms with Crippen molar-refractivity contribution in [3.63, 3.8) is 0 Å². The number of ether oxygens (including phenoxy) is 3. The molecule has 0 saturated carbocycles. The number of aliphatic hydroxyl groups excluding tert-OH is 1. The topological polar surface area (TPSA) is 98.4 Å². The summed E-state index contributed by atoms with van der Waals surface area (Å²) in [4.78, 5) is 28.8. The Bertz CT molecular complexity index is 1610. The Balaban J connectivity index is 1.48. The highest BCUT2D eigenvalue weighted by Crippen LogP contribution is 2.45. The van der Waals surface area contributed by atoms with E-state index in [1.54, 1.807) is 42.5 Å². The van der Waals surface area contributed by atoms with Crippen molar-refractivity contribution in [1.82, 2.24) is 0 Å². The summed E-state index contributed by atoms with van der Waals surface area (Å²) in [5.74, 6) is -0.0991. The van der Waals surface area contributed by atoms with Gasteiger partial charge in [0.2, 0.25) is 12.6 Å². The molecular weight excluding hydrogens is 486 g/mol. The van der Waals surface area contributed by atoms with Gasteiger partial charge in [-0.05, 0) is 41.3 Å². The second kappa shape index (κ2) is 8.99. The molecule has 0 radical (unpaired) electrons. The number of carbonyl (C=O) groups is 2. The van der Waals surface area contributed by atoms with Crippen LogP contribution in [0.2, 0.25) is 0 Å². The number of aliphatic hydroxyl groups is 1. The van der Waals surface area contributed by atoms with Crippen LogP contribution < -0.4 is 19.1 Å². The molecule has 1 atom stereocenters. The molecule has 0 saturated heterocycles. The van der Waals surface area contributed by atoms with Gasteiger partial charge in [0, 0.05) is 17.1 Å². The molecule has 1 amide bonds. The fraction of sp³-hybridized carbons (Fsp3) is 0.200. The number of carbonyl (C=O) groups excluding carboxylic acids is 2. The van der Waals surface area contributed by atoms with Crippen LogP contribution in [-0.2, 0) is 4.79 Å². The third-order valence-corrected chi connectivity index (χ3v) is 6.96. The van der Waals surface area contributed by atoms with Crippen molar-refractivity contribution in [3.8, 4) is 17.2 Å². The van der Waals surface area contributed by atoms with E-state index in [-0.39, 0.29) is 18.1 Å². The number of hydrogen-bond donors (Lipinski definition) is 1. The molecule has 4 aromatic rings. The molecule has 0 bridgehead atoms. The molecule has 192 valence electrons. The number of anilines is 1. The predicted octanol–water partition coefficient (Wildman–Crippen LogP) is 6.08. The lowest BCUT2D eigenvalue weighted by atomic mass is 9.92. The molecule has 38 heavy (non-hydrogen) atoms. The minimum absolute atomic E-state index is 0.00446. The van der Waals surface area contributed by atoms with Crippen molar-refractivity contribution in [2.45, 2.75) is 25.8 Å². The SMILES string of the molecule is COc1cccc2cc(C(=O)C3=C(O)C(=O)N(c4ccc5c(c4)OCO5)C3c3ccc(C(C)C)cc3)oc12. The molecule has 0 spiro atoms. The number of hydrogen-bond acceptors (Lipinski definition) is 7. The maximum absolute atomic E-state index is 13.9. The first-order chi connectivity index (χ1) is 18.4. The van der Waals surface area contributed by atoms with Crippen molar-refractivity contribution >= 4 is 28.3 Å². The molecule has 1 aromatic heterocycles. The largest absolute Gasteiger partial charge is 0.503 e. The van der Waals surface area contributed by atoms with Crippen LogP contribution in [0, 0.1) is 0 Å². The molecule has 6 rings (SSSR count). The summed E-state index contributed by atoms with van der Waals surface area (Å²) < 4.78 is 22.2. The first-order valence-corrected chi connectivity index (χ1v) is 12.2. The van der Waals surface area contributed by atoms with Gasteiger partial charge in [0.25, 0.3) is 5.91 Å². The molecule has 2 aliphatic heterocycles. The smallest absolute Gasteiger partial charge is 0.294 e. The van der Waals surface area contributed by atoms with Crippen LogP contribution in [-0.4, -0.2) is 30.7 Å². The molecule has 0 fully saturated rings. The number of ketones is 1. The average molecular weight is 512 g/mol. The number of Topliss-reactive ketones (excluding diaryl/α,β-unsaturated/α-hetero) is 1. The zero-order valence-electron chi connectivity index (χ0n) is 21.1. The van der Waals surface area contributed by atoms with Crippen molar-refractivity contribution in [3.05, 3.63) is 94.9 Å². The Morgan fingerprint density at radius 2 is 1.79 bits per heavy atom. The lowest BCUT2D eigenvalue weighted by Gasteiger charge is -2.27. The second-order valence-electron chi connectivity index (χ2n) is 9.52. The van der Waals surface area contributed by atoms with Gasteiger partial charge in [0.05, 0.1) is 18.7 Å². The minimum atomic E-state index is -0.897. The van der Waals surface area contributed by atoms with Crippen molar-refractivity contribution < 1.29 is 33.3 Å². The maximum Gasteiger partial charge on any atom is 0.294 e. The molecule has 1 N–H and O–H groups in total. The van der Waals surface area contributed by atoms with E-state index in [4.69, 9.17) is 18.6 Å². The van der Waals surface area contributed by atoms with Gasteiger partial charge in [-0.2, -0.15) is 0 Å². The molecule has 8 nitrogen and oxygen atoms in total. The minimum Gasteiger partial charge on any atom is -0.503 e. The Hall–Kier alpha value is -4.72. The van der Waals surface area contributed by atoms with Gasteiger partial charge in [0.1, 0.15) is 0 Å². The van der Waals surface area contributed by atoms with Gasteiger partial charge < -0.3 is 23.7 Å². The van der Waals surface area contributed by atoms with E-state index in [0.29, 0.717) is 45.4 Å². The van der Waals surface area contributed by atoms with Gasteiger partial charge in [0.15, 0.2) is 34.4 Å². The Labute approximate surface area is 218 Å². The van der Waals surface area contributed by atoms with Crippen LogP contribution in [0.25, 0.3) is 11.0 Å². The molecule has 2 aliphatic rings. The number of para-hydroxylation sites is 1. The first kappa shape index (κ1) is 23.7. The molecule has 3 heterocycles. The molecule has 8 heteroatoms. The number of methoxy groups -OCH3 is 1. The van der Waals surface area contributed by atoms with Crippen molar-refractivity contribution in [2.75, 3.05) is 18.8 Å². The van der Waals surface area contributed by atoms with Gasteiger partial charge in [-0.25, -0.2) is 0 Å². The standard InChI is InChI=1S/C30H25NO7/c1-16(2)17-7-9-18(10-8-17)26-25(27(32)24-13-19-5-4-6-22(35-3)29(19)38-24)28(33)30(34)31(26)20-11-12-21-23(14-20)37-15-36-21/h4-14,16,26,33H,15H2,1-3H3. The highest BCUT2D eigenvalue weighted by Gasteiger charge is 2.45. The van der Waals surface area contributed by atoms with Crippen molar-refractivity contribution in [1.29, 1.82) is 0 Å². The average Bonchev–Trinajstić information content (AvgIpc) is 3.64. The summed E-state index contributed by atoms with van der Waals surface area (Å²) in [5.41, 5.74) is 2.58. The molecule has 3 aromatic carbocycles. The molecule has 0 aliphatic carbocycles. The third kappa shape index (κ3) is 3.68. The van der Waals surface area contributed by atoms with E-state index in [1.807, 2.05) is 24.3 Å². The van der Waals surface area contributed by atoms with Crippen LogP contribution in [0.15, 0.2) is 82.5 Å². The van der Waals surface area contributed by atoms with E-state index in [9.17, 15) is 14.7 Å². The monoisotopic (exact) mass is 511 g/mol. The van der Waals surface area contributed by atoms with Crippen LogP contribution in [0.5, 0.6) is 17.2 Å². The number of furan rings is 1. The maximum atomic E-state index is 13.9. The highest BCUT2D eigenvalue weighted by molar-refractivity contribution is 6.20. The van der Waals surface area contributed by atoms with Crippen LogP contribution >= 0.6 is 0 Å². The summed E-state index contributed by atoms with van der Waals surface area (Å²) in [6.07, 6.45) is 0. The number of rotatable bonds is 6. The van der Waals surface area contributed by atoms with E-state index < -0.39 is 23.5 Å². The number of benzene rings is 3. The Kier molecular flexibility index (Phi) is 5.60. The van der Waals surface area contributed by atoms with E-state index >= 15 is 0 Å². The number of fused-ring (bicyclic) bond motifs is 2. The van der Waals surface area contributed by atoms with Gasteiger partial charge >= 0.3 is 0 Å². The summed E-state index contributed by atoms with van der Waals surface area (Å²) >= 11 is 0. The normalized spacial score (nSPS) is 16.7. The van der Waals surface area contributed by atoms with Gasteiger partial charge in [-0.3, -0.25) is 14.5 Å². The number of amides is 1. The lowest BCUT2D eigenvalue weighted by molar-refractivity contribution is -0.117. The first-order valence-electron chi connectivity index (χ1n) is 12.2. The van der Waals surface area contributed by atoms with Crippen LogP contribution in [0.4, 0.5) is 5.69 Å². The van der Waals surface area contributed by atoms with Crippen molar-refractivity contribution in [2.24, 2.45) is 0 Å². The Morgan fingerprint density at radius 3 is 2.53 bits per heavy atom. The van der Waals surface area contributed by atoms with Gasteiger partial charge in [-0.1, -0.05) is 50.2 Å². The molecular formula is C30H25NO7. The predicted molar refractivity (Wildman–Crippen MR) is 140 cm³/mol. The summed E-state index contributed by atoms with van der Waals surface area (Å²) in [6.45, 7) is 4.25.